The number of nitrogens with one attached hydrogen (secondary N) is 2. The molecule has 116 valence electrons. The summed E-state index contributed by atoms with van der Waals surface area (Å²) in [7, 11) is 0. The average Bonchev–Trinajstić information content (AvgIpc) is 3.24. The molecule has 23 heavy (non-hydrogen) atoms. The number of para-hydroxylation sites is 2. The Morgan fingerprint density at radius 2 is 1.74 bits per heavy atom. The molecule has 1 aromatic heterocycles. The largest absolute Gasteiger partial charge is 0.361 e. The molecule has 1 heterocycles. The van der Waals surface area contributed by atoms with Gasteiger partial charge < -0.3 is 10.3 Å². The van der Waals surface area contributed by atoms with Gasteiger partial charge in [0, 0.05) is 22.8 Å². The topological polar surface area (TPSA) is 44.9 Å². The number of benzene rings is 2. The number of hydrogen-bond acceptors (Lipinski definition) is 1. The van der Waals surface area contributed by atoms with Crippen molar-refractivity contribution in [3.8, 4) is 0 Å². The van der Waals surface area contributed by atoms with E-state index in [0.29, 0.717) is 0 Å². The van der Waals surface area contributed by atoms with Gasteiger partial charge in [-0.05, 0) is 49.4 Å². The number of aromatic amines is 1. The summed E-state index contributed by atoms with van der Waals surface area (Å²) in [6.07, 6.45) is 3.82. The normalized spacial score (nSPS) is 15.6. The second kappa shape index (κ2) is 4.98. The van der Waals surface area contributed by atoms with Crippen molar-refractivity contribution >= 4 is 22.5 Å². The van der Waals surface area contributed by atoms with Gasteiger partial charge in [-0.25, -0.2) is 0 Å². The molecule has 1 saturated carbocycles. The summed E-state index contributed by atoms with van der Waals surface area (Å²) in [5.41, 5.74) is 4.99. The molecule has 0 aliphatic heterocycles. The van der Waals surface area contributed by atoms with Crippen LogP contribution in [-0.2, 0) is 10.2 Å². The van der Waals surface area contributed by atoms with E-state index < -0.39 is 0 Å². The van der Waals surface area contributed by atoms with E-state index in [4.69, 9.17) is 0 Å². The van der Waals surface area contributed by atoms with Crippen LogP contribution < -0.4 is 5.32 Å². The van der Waals surface area contributed by atoms with Crippen molar-refractivity contribution < 1.29 is 4.79 Å². The van der Waals surface area contributed by atoms with E-state index in [0.717, 1.165) is 46.1 Å². The minimum Gasteiger partial charge on any atom is -0.361 e. The van der Waals surface area contributed by atoms with Crippen LogP contribution in [0.15, 0.2) is 48.7 Å². The molecule has 0 bridgehead atoms. The molecule has 0 unspecified atom stereocenters. The highest BCUT2D eigenvalue weighted by molar-refractivity contribution is 6.05. The smallest absolute Gasteiger partial charge is 0.235 e. The Hall–Kier alpha value is -2.55. The van der Waals surface area contributed by atoms with E-state index in [-0.39, 0.29) is 11.3 Å². The molecule has 0 saturated heterocycles. The number of aryl methyl sites for hydroxylation is 2. The van der Waals surface area contributed by atoms with Crippen LogP contribution in [0.3, 0.4) is 0 Å². The van der Waals surface area contributed by atoms with E-state index in [1.54, 1.807) is 0 Å². The molecule has 0 atom stereocenters. The molecule has 1 aliphatic carbocycles. The third kappa shape index (κ3) is 2.15. The third-order valence-electron chi connectivity index (χ3n) is 5.01. The Labute approximate surface area is 135 Å². The van der Waals surface area contributed by atoms with E-state index in [1.807, 2.05) is 50.4 Å². The van der Waals surface area contributed by atoms with Crippen LogP contribution in [0.5, 0.6) is 0 Å². The number of carbonyl (C=O) groups excluding carboxylic acids is 1. The third-order valence-corrected chi connectivity index (χ3v) is 5.01. The predicted octanol–water partition coefficient (Wildman–Crippen LogP) is 4.46. The van der Waals surface area contributed by atoms with Gasteiger partial charge in [0.25, 0.3) is 0 Å². The van der Waals surface area contributed by atoms with Gasteiger partial charge in [0.05, 0.1) is 5.41 Å². The molecule has 3 nitrogen and oxygen atoms in total. The van der Waals surface area contributed by atoms with Gasteiger partial charge in [-0.1, -0.05) is 36.4 Å². The average molecular weight is 304 g/mol. The molecule has 0 spiro atoms. The fourth-order valence-corrected chi connectivity index (χ4v) is 3.46. The van der Waals surface area contributed by atoms with Gasteiger partial charge >= 0.3 is 0 Å². The lowest BCUT2D eigenvalue weighted by atomic mass is 9.94. The summed E-state index contributed by atoms with van der Waals surface area (Å²) in [5, 5.41) is 4.34. The van der Waals surface area contributed by atoms with Gasteiger partial charge in [-0.3, -0.25) is 4.79 Å². The minimum absolute atomic E-state index is 0.111. The number of aromatic nitrogens is 1. The van der Waals surface area contributed by atoms with Crippen molar-refractivity contribution in [2.45, 2.75) is 32.1 Å². The summed E-state index contributed by atoms with van der Waals surface area (Å²) in [5.74, 6) is 0.111. The second-order valence-corrected chi connectivity index (χ2v) is 6.55. The summed E-state index contributed by atoms with van der Waals surface area (Å²) < 4.78 is 0. The van der Waals surface area contributed by atoms with Crippen molar-refractivity contribution in [2.75, 3.05) is 5.32 Å². The van der Waals surface area contributed by atoms with E-state index in [1.165, 1.54) is 0 Å². The maximum atomic E-state index is 13.0. The molecule has 2 aromatic carbocycles. The number of carbonyl (C=O) groups is 1. The molecule has 3 heteroatoms. The number of anilines is 1. The standard InChI is InChI=1S/C20H20N2O/c1-13-6-5-7-14(2)18(13)22-19(23)20(10-11-20)16-12-21-17-9-4-3-8-15(16)17/h3-9,12,21H,10-11H2,1-2H3,(H,22,23). The van der Waals surface area contributed by atoms with E-state index in [9.17, 15) is 4.79 Å². The Morgan fingerprint density at radius 3 is 2.43 bits per heavy atom. The molecule has 2 N–H and O–H groups in total. The van der Waals surface area contributed by atoms with Crippen LogP contribution in [0.1, 0.15) is 29.5 Å². The van der Waals surface area contributed by atoms with Crippen molar-refractivity contribution in [2.24, 2.45) is 0 Å². The van der Waals surface area contributed by atoms with Crippen LogP contribution in [0.2, 0.25) is 0 Å². The fraction of sp³-hybridized carbons (Fsp3) is 0.250. The highest BCUT2D eigenvalue weighted by Gasteiger charge is 2.52. The first-order valence-corrected chi connectivity index (χ1v) is 8.06. The number of amides is 1. The quantitative estimate of drug-likeness (QED) is 0.737. The monoisotopic (exact) mass is 304 g/mol. The molecule has 4 rings (SSSR count). The summed E-state index contributed by atoms with van der Waals surface area (Å²) >= 11 is 0. The molecular formula is C20H20N2O. The maximum Gasteiger partial charge on any atom is 0.235 e. The summed E-state index contributed by atoms with van der Waals surface area (Å²) in [4.78, 5) is 16.3. The molecular weight excluding hydrogens is 284 g/mol. The first-order chi connectivity index (χ1) is 11.1. The van der Waals surface area contributed by atoms with Crippen molar-refractivity contribution in [1.82, 2.24) is 4.98 Å². The lowest BCUT2D eigenvalue weighted by molar-refractivity contribution is -0.118. The first-order valence-electron chi connectivity index (χ1n) is 8.06. The van der Waals surface area contributed by atoms with Crippen LogP contribution >= 0.6 is 0 Å². The van der Waals surface area contributed by atoms with Crippen LogP contribution in [0.4, 0.5) is 5.69 Å². The van der Waals surface area contributed by atoms with Crippen LogP contribution in [-0.4, -0.2) is 10.9 Å². The summed E-state index contributed by atoms with van der Waals surface area (Å²) in [6.45, 7) is 4.07. The zero-order chi connectivity index (χ0) is 16.0. The molecule has 1 fully saturated rings. The molecule has 1 aliphatic rings. The highest BCUT2D eigenvalue weighted by Crippen LogP contribution is 2.51. The minimum atomic E-state index is -0.381. The van der Waals surface area contributed by atoms with Gasteiger partial charge in [0.1, 0.15) is 0 Å². The van der Waals surface area contributed by atoms with Crippen molar-refractivity contribution in [3.05, 3.63) is 65.4 Å². The number of hydrogen-bond donors (Lipinski definition) is 2. The zero-order valence-corrected chi connectivity index (χ0v) is 13.4. The summed E-state index contributed by atoms with van der Waals surface area (Å²) in [6, 6.07) is 14.3. The number of rotatable bonds is 3. The zero-order valence-electron chi connectivity index (χ0n) is 13.4. The van der Waals surface area contributed by atoms with Crippen LogP contribution in [0, 0.1) is 13.8 Å². The second-order valence-electron chi connectivity index (χ2n) is 6.55. The van der Waals surface area contributed by atoms with Gasteiger partial charge in [0.2, 0.25) is 5.91 Å². The Bertz CT molecular complexity index is 883. The van der Waals surface area contributed by atoms with E-state index >= 15 is 0 Å². The molecule has 0 radical (unpaired) electrons. The Kier molecular flexibility index (Phi) is 3.05. The Balaban J connectivity index is 1.71. The maximum absolute atomic E-state index is 13.0. The van der Waals surface area contributed by atoms with Crippen molar-refractivity contribution in [1.29, 1.82) is 0 Å². The van der Waals surface area contributed by atoms with Crippen molar-refractivity contribution in [3.63, 3.8) is 0 Å². The lowest BCUT2D eigenvalue weighted by Crippen LogP contribution is -2.28. The van der Waals surface area contributed by atoms with Gasteiger partial charge in [-0.2, -0.15) is 0 Å². The number of fused-ring (bicyclic) bond motifs is 1. The van der Waals surface area contributed by atoms with Gasteiger partial charge in [-0.15, -0.1) is 0 Å². The Morgan fingerprint density at radius 1 is 1.04 bits per heavy atom. The lowest BCUT2D eigenvalue weighted by Gasteiger charge is -2.17. The molecule has 1 amide bonds. The van der Waals surface area contributed by atoms with Crippen LogP contribution in [0.25, 0.3) is 10.9 Å². The van der Waals surface area contributed by atoms with E-state index in [2.05, 4.69) is 22.4 Å². The predicted molar refractivity (Wildman–Crippen MR) is 93.8 cm³/mol. The SMILES string of the molecule is Cc1cccc(C)c1NC(=O)C1(c2c[nH]c3ccccc23)CC1. The van der Waals surface area contributed by atoms with Gasteiger partial charge in [0.15, 0.2) is 0 Å². The highest BCUT2D eigenvalue weighted by atomic mass is 16.2. The first kappa shape index (κ1) is 14.1. The molecule has 3 aromatic rings. The number of H-pyrrole nitrogens is 1. The fourth-order valence-electron chi connectivity index (χ4n) is 3.46.